The molecule has 2 aromatic rings. The number of benzene rings is 2. The molecule has 2 heterocycles. The van der Waals surface area contributed by atoms with Gasteiger partial charge in [-0.2, -0.15) is 0 Å². The van der Waals surface area contributed by atoms with Gasteiger partial charge in [0.05, 0.1) is 44.1 Å². The van der Waals surface area contributed by atoms with Crippen LogP contribution in [0.3, 0.4) is 0 Å². The Kier molecular flexibility index (Phi) is 12.4. The van der Waals surface area contributed by atoms with Crippen LogP contribution >= 0.6 is 0 Å². The number of nitrogens with zero attached hydrogens (tertiary/aromatic N) is 2. The Morgan fingerprint density at radius 3 is 1.64 bits per heavy atom. The number of carbonyl (C=O) groups excluding carboxylic acids is 6. The van der Waals surface area contributed by atoms with Gasteiger partial charge in [0.25, 0.3) is 0 Å². The summed E-state index contributed by atoms with van der Waals surface area (Å²) in [7, 11) is 0. The predicted octanol–water partition coefficient (Wildman–Crippen LogP) is 3.95. The predicted molar refractivity (Wildman–Crippen MR) is 186 cm³/mol. The molecule has 0 spiro atoms. The van der Waals surface area contributed by atoms with Gasteiger partial charge in [0.1, 0.15) is 41.1 Å². The monoisotopic (exact) mass is 746 g/mol. The summed E-state index contributed by atoms with van der Waals surface area (Å²) in [5.41, 5.74) is -1.59. The van der Waals surface area contributed by atoms with Crippen LogP contribution in [-0.2, 0) is 28.5 Å². The summed E-state index contributed by atoms with van der Waals surface area (Å²) in [5.74, 6) is -2.68. The summed E-state index contributed by atoms with van der Waals surface area (Å²) in [6.07, 6.45) is -4.77. The maximum absolute atomic E-state index is 15.4. The maximum atomic E-state index is 15.4. The van der Waals surface area contributed by atoms with Gasteiger partial charge in [-0.3, -0.25) is 19.4 Å². The molecule has 18 heteroatoms. The van der Waals surface area contributed by atoms with Gasteiger partial charge in [0.2, 0.25) is 11.8 Å². The molecule has 2 fully saturated rings. The molecule has 6 amide bonds. The van der Waals surface area contributed by atoms with Gasteiger partial charge in [-0.25, -0.2) is 28.0 Å². The Hall–Kier alpha value is -5.68. The molecule has 4 N–H and O–H groups in total. The molecule has 2 saturated heterocycles. The van der Waals surface area contributed by atoms with E-state index in [9.17, 15) is 28.8 Å². The molecule has 4 rings (SSSR count). The van der Waals surface area contributed by atoms with E-state index in [0.29, 0.717) is 0 Å². The fourth-order valence-corrected chi connectivity index (χ4v) is 5.21. The normalized spacial score (nSPS) is 17.8. The molecule has 0 bridgehead atoms. The Labute approximate surface area is 304 Å². The maximum Gasteiger partial charge on any atom is 0.414 e. The molecule has 0 aliphatic carbocycles. The van der Waals surface area contributed by atoms with E-state index < -0.39 is 71.4 Å². The first kappa shape index (κ1) is 40.1. The zero-order valence-corrected chi connectivity index (χ0v) is 30.5. The lowest BCUT2D eigenvalue weighted by atomic mass is 10.0. The molecule has 1 unspecified atom stereocenters. The van der Waals surface area contributed by atoms with Gasteiger partial charge in [0, 0.05) is 18.1 Å². The van der Waals surface area contributed by atoms with Crippen LogP contribution in [0.5, 0.6) is 0 Å². The van der Waals surface area contributed by atoms with Gasteiger partial charge in [-0.05, 0) is 77.9 Å². The van der Waals surface area contributed by atoms with Crippen molar-refractivity contribution >= 4 is 47.6 Å². The quantitative estimate of drug-likeness (QED) is 0.245. The first-order valence-corrected chi connectivity index (χ1v) is 16.7. The summed E-state index contributed by atoms with van der Waals surface area (Å²) in [6.45, 7) is 10.8. The zero-order valence-electron chi connectivity index (χ0n) is 30.5. The fraction of sp³-hybridized carbons (Fsp3) is 0.486. The van der Waals surface area contributed by atoms with Crippen LogP contribution in [-0.4, -0.2) is 98.4 Å². The van der Waals surface area contributed by atoms with Crippen LogP contribution in [0.15, 0.2) is 36.4 Å². The summed E-state index contributed by atoms with van der Waals surface area (Å²) in [4.78, 5) is 76.3. The molecule has 3 atom stereocenters. The Balaban J connectivity index is 1.38. The van der Waals surface area contributed by atoms with E-state index in [1.807, 2.05) is 0 Å². The van der Waals surface area contributed by atoms with Crippen molar-refractivity contribution in [3.05, 3.63) is 48.0 Å². The number of amides is 6. The van der Waals surface area contributed by atoms with Crippen molar-refractivity contribution in [2.24, 2.45) is 0 Å². The molecule has 0 radical (unpaired) electrons. The second kappa shape index (κ2) is 16.3. The van der Waals surface area contributed by atoms with Crippen LogP contribution in [0, 0.1) is 11.6 Å². The minimum absolute atomic E-state index is 0.0758. The smallest absolute Gasteiger partial charge is 0.414 e. The first-order valence-electron chi connectivity index (χ1n) is 16.7. The first-order chi connectivity index (χ1) is 24.7. The number of carbonyl (C=O) groups is 6. The SMILES string of the molecule is CC(=O)NC[C@H]1CN(c2ccc(-c3ccc(N4C[C@H](CNC(=O)C(CNC(=O)OC(C)(C)C)NC(=O)OC(C)(C)C)OC4=O)cc3F)c(F)c2)C(=O)O1. The largest absolute Gasteiger partial charge is 0.444 e. The topological polar surface area (TPSA) is 194 Å². The fourth-order valence-electron chi connectivity index (χ4n) is 5.21. The average Bonchev–Trinajstić information content (AvgIpc) is 3.60. The third-order valence-corrected chi connectivity index (χ3v) is 7.51. The minimum Gasteiger partial charge on any atom is -0.444 e. The summed E-state index contributed by atoms with van der Waals surface area (Å²) in [6, 6.07) is 6.27. The number of anilines is 2. The van der Waals surface area contributed by atoms with E-state index in [4.69, 9.17) is 18.9 Å². The lowest BCUT2D eigenvalue weighted by Crippen LogP contribution is -2.54. The van der Waals surface area contributed by atoms with E-state index in [-0.39, 0.29) is 61.1 Å². The van der Waals surface area contributed by atoms with Crippen molar-refractivity contribution in [3.8, 4) is 11.1 Å². The van der Waals surface area contributed by atoms with E-state index in [0.717, 1.165) is 17.0 Å². The molecule has 53 heavy (non-hydrogen) atoms. The molecular formula is C35H44F2N6O10. The van der Waals surface area contributed by atoms with E-state index in [2.05, 4.69) is 21.3 Å². The van der Waals surface area contributed by atoms with Crippen molar-refractivity contribution < 1.29 is 56.5 Å². The number of hydrogen-bond acceptors (Lipinski definition) is 10. The van der Waals surface area contributed by atoms with Crippen molar-refractivity contribution in [1.29, 1.82) is 0 Å². The van der Waals surface area contributed by atoms with Gasteiger partial charge in [-0.1, -0.05) is 0 Å². The number of alkyl carbamates (subject to hydrolysis) is 2. The number of halogens is 2. The van der Waals surface area contributed by atoms with Crippen LogP contribution < -0.4 is 31.1 Å². The molecule has 288 valence electrons. The Morgan fingerprint density at radius 2 is 1.21 bits per heavy atom. The lowest BCUT2D eigenvalue weighted by Gasteiger charge is -2.24. The lowest BCUT2D eigenvalue weighted by molar-refractivity contribution is -0.123. The molecule has 0 aromatic heterocycles. The Bertz CT molecular complexity index is 1740. The Morgan fingerprint density at radius 1 is 0.755 bits per heavy atom. The molecule has 16 nitrogen and oxygen atoms in total. The molecule has 2 aliphatic heterocycles. The van der Waals surface area contributed by atoms with Gasteiger partial charge >= 0.3 is 24.4 Å². The van der Waals surface area contributed by atoms with Crippen LogP contribution in [0.1, 0.15) is 48.5 Å². The minimum atomic E-state index is -1.29. The summed E-state index contributed by atoms with van der Waals surface area (Å²) in [5, 5.41) is 9.96. The van der Waals surface area contributed by atoms with Crippen molar-refractivity contribution in [1.82, 2.24) is 21.3 Å². The van der Waals surface area contributed by atoms with Gasteiger partial charge < -0.3 is 40.2 Å². The standard InChI is InChI=1S/C35H44F2N6O10/c1-19(44)38-14-22-17-42(32(48)50-22)20-8-10-24(26(36)12-20)25-11-9-21(13-27(25)37)43-18-23(51-33(43)49)15-39-29(45)28(41-31(47)53-35(5,6)7)16-40-30(46)52-34(2,3)4/h8-13,22-23,28H,14-18H2,1-7H3,(H,38,44)(H,39,45)(H,40,46)(H,41,47)/t22-,23-,28?/m0/s1. The summed E-state index contributed by atoms with van der Waals surface area (Å²) >= 11 is 0. The number of hydrogen-bond donors (Lipinski definition) is 4. The van der Waals surface area contributed by atoms with E-state index in [1.165, 1.54) is 36.1 Å². The van der Waals surface area contributed by atoms with Crippen LogP contribution in [0.25, 0.3) is 11.1 Å². The van der Waals surface area contributed by atoms with Crippen LogP contribution in [0.2, 0.25) is 0 Å². The van der Waals surface area contributed by atoms with E-state index >= 15 is 8.78 Å². The average molecular weight is 747 g/mol. The molecule has 0 saturated carbocycles. The molecule has 2 aliphatic rings. The van der Waals surface area contributed by atoms with E-state index in [1.54, 1.807) is 41.5 Å². The molecular weight excluding hydrogens is 702 g/mol. The highest BCUT2D eigenvalue weighted by molar-refractivity contribution is 5.92. The number of ether oxygens (including phenoxy) is 4. The third-order valence-electron chi connectivity index (χ3n) is 7.51. The second-order valence-electron chi connectivity index (χ2n) is 14.3. The third kappa shape index (κ3) is 11.4. The number of cyclic esters (lactones) is 2. The van der Waals surface area contributed by atoms with Crippen LogP contribution in [0.4, 0.5) is 39.3 Å². The number of rotatable bonds is 11. The summed E-state index contributed by atoms with van der Waals surface area (Å²) < 4.78 is 51.7. The second-order valence-corrected chi connectivity index (χ2v) is 14.3. The number of nitrogens with one attached hydrogen (secondary N) is 4. The highest BCUT2D eigenvalue weighted by atomic mass is 19.1. The van der Waals surface area contributed by atoms with Gasteiger partial charge in [-0.15, -0.1) is 0 Å². The zero-order chi connectivity index (χ0) is 39.2. The highest BCUT2D eigenvalue weighted by Crippen LogP contribution is 2.33. The van der Waals surface area contributed by atoms with Crippen molar-refractivity contribution in [3.63, 3.8) is 0 Å². The molecule has 2 aromatic carbocycles. The van der Waals surface area contributed by atoms with Gasteiger partial charge in [0.15, 0.2) is 0 Å². The highest BCUT2D eigenvalue weighted by Gasteiger charge is 2.35. The van der Waals surface area contributed by atoms with Crippen molar-refractivity contribution in [2.45, 2.75) is 77.9 Å². The van der Waals surface area contributed by atoms with Crippen molar-refractivity contribution in [2.75, 3.05) is 42.5 Å².